The van der Waals surface area contributed by atoms with Gasteiger partial charge >= 0.3 is 0 Å². The highest BCUT2D eigenvalue weighted by Gasteiger charge is 2.41. The van der Waals surface area contributed by atoms with Crippen LogP contribution in [0.1, 0.15) is 27.2 Å². The Labute approximate surface area is 118 Å². The molecule has 1 N–H and O–H groups in total. The molecule has 0 aliphatic carbocycles. The van der Waals surface area contributed by atoms with Crippen LogP contribution in [-0.4, -0.2) is 23.9 Å². The van der Waals surface area contributed by atoms with Crippen molar-refractivity contribution >= 4 is 17.5 Å². The number of hydrogen-bond acceptors (Lipinski definition) is 2. The predicted octanol–water partition coefficient (Wildman–Crippen LogP) is 2.09. The molecule has 1 aromatic rings. The van der Waals surface area contributed by atoms with E-state index in [-0.39, 0.29) is 23.4 Å². The lowest BCUT2D eigenvalue weighted by Crippen LogP contribution is -2.64. The van der Waals surface area contributed by atoms with Gasteiger partial charge in [0.05, 0.1) is 5.69 Å². The fraction of sp³-hybridized carbons (Fsp3) is 0.467. The Bertz CT molecular complexity index is 532. The minimum absolute atomic E-state index is 0.00761. The first kappa shape index (κ1) is 14.5. The number of nitrogens with zero attached hydrogens (tertiary/aromatic N) is 1. The summed E-state index contributed by atoms with van der Waals surface area (Å²) in [6.07, 6.45) is 0.760. The lowest BCUT2D eigenvalue weighted by Gasteiger charge is -2.39. The number of halogens is 1. The van der Waals surface area contributed by atoms with Crippen LogP contribution in [0, 0.1) is 11.7 Å². The summed E-state index contributed by atoms with van der Waals surface area (Å²) >= 11 is 0. The minimum Gasteiger partial charge on any atom is -0.342 e. The van der Waals surface area contributed by atoms with Crippen LogP contribution in [0.4, 0.5) is 10.1 Å². The number of carbonyl (C=O) groups excluding carboxylic acids is 2. The zero-order chi connectivity index (χ0) is 14.9. The molecule has 2 rings (SSSR count). The van der Waals surface area contributed by atoms with Crippen LogP contribution in [0.3, 0.4) is 0 Å². The second-order valence-corrected chi connectivity index (χ2v) is 5.21. The number of hydrogen-bond donors (Lipinski definition) is 1. The molecule has 108 valence electrons. The van der Waals surface area contributed by atoms with E-state index in [0.717, 1.165) is 6.42 Å². The lowest BCUT2D eigenvalue weighted by atomic mass is 9.94. The molecular formula is C15H19FN2O2. The van der Waals surface area contributed by atoms with Gasteiger partial charge in [-0.1, -0.05) is 32.4 Å². The lowest BCUT2D eigenvalue weighted by molar-refractivity contribution is -0.134. The van der Waals surface area contributed by atoms with Gasteiger partial charge in [0.1, 0.15) is 17.9 Å². The first-order valence-corrected chi connectivity index (χ1v) is 6.85. The third-order valence-electron chi connectivity index (χ3n) is 3.89. The Morgan fingerprint density at radius 3 is 2.60 bits per heavy atom. The van der Waals surface area contributed by atoms with Gasteiger partial charge in [-0.15, -0.1) is 0 Å². The van der Waals surface area contributed by atoms with E-state index < -0.39 is 17.9 Å². The average Bonchev–Trinajstić information content (AvgIpc) is 2.44. The van der Waals surface area contributed by atoms with Gasteiger partial charge in [-0.3, -0.25) is 14.5 Å². The van der Waals surface area contributed by atoms with E-state index in [1.807, 2.05) is 13.8 Å². The molecule has 20 heavy (non-hydrogen) atoms. The first-order valence-electron chi connectivity index (χ1n) is 6.85. The van der Waals surface area contributed by atoms with Crippen molar-refractivity contribution in [3.63, 3.8) is 0 Å². The molecule has 1 aromatic carbocycles. The summed E-state index contributed by atoms with van der Waals surface area (Å²) in [4.78, 5) is 25.9. The Morgan fingerprint density at radius 2 is 2.00 bits per heavy atom. The summed E-state index contributed by atoms with van der Waals surface area (Å²) in [5, 5.41) is 2.73. The molecular weight excluding hydrogens is 259 g/mol. The first-order chi connectivity index (χ1) is 9.47. The third-order valence-corrected chi connectivity index (χ3v) is 3.89. The zero-order valence-corrected chi connectivity index (χ0v) is 11.9. The van der Waals surface area contributed by atoms with Crippen molar-refractivity contribution in [2.45, 2.75) is 39.3 Å². The molecule has 0 aromatic heterocycles. The van der Waals surface area contributed by atoms with E-state index in [4.69, 9.17) is 0 Å². The predicted molar refractivity (Wildman–Crippen MR) is 74.7 cm³/mol. The second-order valence-electron chi connectivity index (χ2n) is 5.21. The number of piperazine rings is 1. The summed E-state index contributed by atoms with van der Waals surface area (Å²) < 4.78 is 13.9. The van der Waals surface area contributed by atoms with Crippen LogP contribution in [0.2, 0.25) is 0 Å². The molecule has 4 nitrogen and oxygen atoms in total. The zero-order valence-electron chi connectivity index (χ0n) is 11.9. The summed E-state index contributed by atoms with van der Waals surface area (Å²) in [5.74, 6) is -0.992. The Kier molecular flexibility index (Phi) is 4.06. The molecule has 0 bridgehead atoms. The summed E-state index contributed by atoms with van der Waals surface area (Å²) in [5.41, 5.74) is 0.160. The van der Waals surface area contributed by atoms with E-state index in [1.165, 1.54) is 17.0 Å². The summed E-state index contributed by atoms with van der Waals surface area (Å²) in [7, 11) is 0. The molecule has 0 spiro atoms. The molecule has 0 radical (unpaired) electrons. The van der Waals surface area contributed by atoms with Crippen LogP contribution >= 0.6 is 0 Å². The molecule has 1 saturated heterocycles. The van der Waals surface area contributed by atoms with Gasteiger partial charge in [-0.2, -0.15) is 0 Å². The minimum atomic E-state index is -0.709. The molecule has 1 heterocycles. The monoisotopic (exact) mass is 278 g/mol. The number of anilines is 1. The van der Waals surface area contributed by atoms with Crippen LogP contribution in [0.5, 0.6) is 0 Å². The maximum absolute atomic E-state index is 13.9. The van der Waals surface area contributed by atoms with E-state index in [1.54, 1.807) is 19.1 Å². The second kappa shape index (κ2) is 5.61. The van der Waals surface area contributed by atoms with E-state index in [0.29, 0.717) is 0 Å². The normalized spacial score (nSPS) is 24.5. The quantitative estimate of drug-likeness (QED) is 0.920. The molecule has 0 saturated carbocycles. The smallest absolute Gasteiger partial charge is 0.250 e. The third kappa shape index (κ3) is 2.40. The van der Waals surface area contributed by atoms with Crippen molar-refractivity contribution < 1.29 is 14.0 Å². The van der Waals surface area contributed by atoms with Crippen molar-refractivity contribution in [3.05, 3.63) is 30.1 Å². The Balaban J connectivity index is 2.41. The maximum atomic E-state index is 13.9. The molecule has 3 unspecified atom stereocenters. The van der Waals surface area contributed by atoms with Crippen LogP contribution in [0.15, 0.2) is 24.3 Å². The summed E-state index contributed by atoms with van der Waals surface area (Å²) in [6.45, 7) is 5.46. The molecule has 1 aliphatic heterocycles. The van der Waals surface area contributed by atoms with Gasteiger partial charge in [0, 0.05) is 0 Å². The SMILES string of the molecule is CCC(C)C1NC(=O)C(C)N(c2ccccc2F)C1=O. The molecule has 3 atom stereocenters. The van der Waals surface area contributed by atoms with Gasteiger partial charge in [-0.05, 0) is 25.0 Å². The average molecular weight is 278 g/mol. The van der Waals surface area contributed by atoms with Gasteiger partial charge < -0.3 is 5.32 Å². The van der Waals surface area contributed by atoms with E-state index in [9.17, 15) is 14.0 Å². The number of benzene rings is 1. The molecule has 1 fully saturated rings. The number of rotatable bonds is 3. The number of para-hydroxylation sites is 1. The van der Waals surface area contributed by atoms with E-state index >= 15 is 0 Å². The fourth-order valence-electron chi connectivity index (χ4n) is 2.39. The summed E-state index contributed by atoms with van der Waals surface area (Å²) in [6, 6.07) is 4.73. The Morgan fingerprint density at radius 1 is 1.35 bits per heavy atom. The van der Waals surface area contributed by atoms with Gasteiger partial charge in [0.2, 0.25) is 5.91 Å². The Hall–Kier alpha value is -1.91. The highest BCUT2D eigenvalue weighted by Crippen LogP contribution is 2.26. The van der Waals surface area contributed by atoms with Gasteiger partial charge in [0.25, 0.3) is 5.91 Å². The number of carbonyl (C=O) groups is 2. The topological polar surface area (TPSA) is 49.4 Å². The van der Waals surface area contributed by atoms with Crippen LogP contribution in [0.25, 0.3) is 0 Å². The molecule has 2 amide bonds. The van der Waals surface area contributed by atoms with Gasteiger partial charge in [-0.25, -0.2) is 4.39 Å². The van der Waals surface area contributed by atoms with Crippen molar-refractivity contribution in [2.24, 2.45) is 5.92 Å². The maximum Gasteiger partial charge on any atom is 0.250 e. The fourth-order valence-corrected chi connectivity index (χ4v) is 2.39. The number of amides is 2. The van der Waals surface area contributed by atoms with Gasteiger partial charge in [0.15, 0.2) is 0 Å². The highest BCUT2D eigenvalue weighted by atomic mass is 19.1. The van der Waals surface area contributed by atoms with Crippen molar-refractivity contribution in [3.8, 4) is 0 Å². The largest absolute Gasteiger partial charge is 0.342 e. The van der Waals surface area contributed by atoms with Crippen molar-refractivity contribution in [2.75, 3.05) is 4.90 Å². The highest BCUT2D eigenvalue weighted by molar-refractivity contribution is 6.08. The molecule has 1 aliphatic rings. The van der Waals surface area contributed by atoms with Crippen LogP contribution < -0.4 is 10.2 Å². The number of nitrogens with one attached hydrogen (secondary N) is 1. The molecule has 5 heteroatoms. The standard InChI is InChI=1S/C15H19FN2O2/c1-4-9(2)13-15(20)18(10(3)14(19)17-13)12-8-6-5-7-11(12)16/h5-10,13H,4H2,1-3H3,(H,17,19). The van der Waals surface area contributed by atoms with Crippen molar-refractivity contribution in [1.29, 1.82) is 0 Å². The van der Waals surface area contributed by atoms with Crippen molar-refractivity contribution in [1.82, 2.24) is 5.32 Å². The van der Waals surface area contributed by atoms with E-state index in [2.05, 4.69) is 5.32 Å². The van der Waals surface area contributed by atoms with Crippen LogP contribution in [-0.2, 0) is 9.59 Å².